The van der Waals surface area contributed by atoms with E-state index in [9.17, 15) is 5.11 Å². The summed E-state index contributed by atoms with van der Waals surface area (Å²) in [5, 5.41) is 13.7. The summed E-state index contributed by atoms with van der Waals surface area (Å²) in [6.45, 7) is 14.1. The maximum absolute atomic E-state index is 10.1. The summed E-state index contributed by atoms with van der Waals surface area (Å²) >= 11 is 0. The molecule has 0 aromatic carbocycles. The van der Waals surface area contributed by atoms with Crippen LogP contribution in [-0.4, -0.2) is 61.0 Å². The van der Waals surface area contributed by atoms with Crippen molar-refractivity contribution in [2.75, 3.05) is 39.4 Å². The lowest BCUT2D eigenvalue weighted by atomic mass is 9.96. The summed E-state index contributed by atoms with van der Waals surface area (Å²) in [5.74, 6) is 0.700. The van der Waals surface area contributed by atoms with Crippen molar-refractivity contribution in [2.45, 2.75) is 65.0 Å². The summed E-state index contributed by atoms with van der Waals surface area (Å²) in [6, 6.07) is 0. The molecular formula is C17H36N2O2. The van der Waals surface area contributed by atoms with Gasteiger partial charge in [0.05, 0.1) is 12.7 Å². The molecular weight excluding hydrogens is 264 g/mol. The highest BCUT2D eigenvalue weighted by molar-refractivity contribution is 4.79. The van der Waals surface area contributed by atoms with Crippen molar-refractivity contribution in [1.29, 1.82) is 0 Å². The minimum absolute atomic E-state index is 0.189. The number of aliphatic hydroxyl groups is 1. The standard InChI is InChI=1S/C17H36N2O2/c1-5-6-10-21-14-16(20)13-19-9-7-8-15(12-19)11-18-17(2,3)4/h15-16,18,20H,5-14H2,1-4H3. The Hall–Kier alpha value is -0.160. The molecule has 0 bridgehead atoms. The predicted octanol–water partition coefficient (Wildman–Crippen LogP) is 2.26. The molecule has 2 N–H and O–H groups in total. The maximum Gasteiger partial charge on any atom is 0.0900 e. The average molecular weight is 300 g/mol. The van der Waals surface area contributed by atoms with Crippen LogP contribution in [0.4, 0.5) is 0 Å². The number of hydrogen-bond donors (Lipinski definition) is 2. The van der Waals surface area contributed by atoms with E-state index in [2.05, 4.69) is 37.9 Å². The minimum Gasteiger partial charge on any atom is -0.389 e. The van der Waals surface area contributed by atoms with Gasteiger partial charge in [0.2, 0.25) is 0 Å². The molecule has 2 unspecified atom stereocenters. The van der Waals surface area contributed by atoms with Crippen molar-refractivity contribution in [3.8, 4) is 0 Å². The van der Waals surface area contributed by atoms with Crippen molar-refractivity contribution in [3.05, 3.63) is 0 Å². The third-order valence-electron chi connectivity index (χ3n) is 3.95. The highest BCUT2D eigenvalue weighted by atomic mass is 16.5. The summed E-state index contributed by atoms with van der Waals surface area (Å²) < 4.78 is 5.51. The van der Waals surface area contributed by atoms with Crippen LogP contribution in [0.25, 0.3) is 0 Å². The highest BCUT2D eigenvalue weighted by Gasteiger charge is 2.23. The summed E-state index contributed by atoms with van der Waals surface area (Å²) in [5.41, 5.74) is 0.189. The number of nitrogens with one attached hydrogen (secondary N) is 1. The Labute approximate surface area is 131 Å². The Balaban J connectivity index is 2.19. The monoisotopic (exact) mass is 300 g/mol. The van der Waals surface area contributed by atoms with E-state index in [4.69, 9.17) is 4.74 Å². The molecule has 1 rings (SSSR count). The summed E-state index contributed by atoms with van der Waals surface area (Å²) in [4.78, 5) is 2.40. The molecule has 1 aliphatic heterocycles. The number of likely N-dealkylation sites (tertiary alicyclic amines) is 1. The fourth-order valence-electron chi connectivity index (χ4n) is 2.75. The summed E-state index contributed by atoms with van der Waals surface area (Å²) in [6.07, 6.45) is 4.40. The molecule has 1 saturated heterocycles. The molecule has 4 heteroatoms. The Kier molecular flexibility index (Phi) is 8.79. The smallest absolute Gasteiger partial charge is 0.0900 e. The summed E-state index contributed by atoms with van der Waals surface area (Å²) in [7, 11) is 0. The molecule has 0 aromatic rings. The first-order valence-electron chi connectivity index (χ1n) is 8.64. The van der Waals surface area contributed by atoms with Crippen LogP contribution in [0.15, 0.2) is 0 Å². The van der Waals surface area contributed by atoms with E-state index in [-0.39, 0.29) is 11.6 Å². The zero-order chi connectivity index (χ0) is 15.7. The van der Waals surface area contributed by atoms with E-state index in [1.807, 2.05) is 0 Å². The predicted molar refractivity (Wildman–Crippen MR) is 88.7 cm³/mol. The normalized spacial score (nSPS) is 22.4. The first-order valence-corrected chi connectivity index (χ1v) is 8.64. The van der Waals surface area contributed by atoms with Crippen LogP contribution in [0.2, 0.25) is 0 Å². The molecule has 0 amide bonds. The maximum atomic E-state index is 10.1. The zero-order valence-corrected chi connectivity index (χ0v) is 14.5. The number of nitrogens with zero attached hydrogens (tertiary/aromatic N) is 1. The Morgan fingerprint density at radius 2 is 2.14 bits per heavy atom. The SMILES string of the molecule is CCCCOCC(O)CN1CCCC(CNC(C)(C)C)C1. The van der Waals surface area contributed by atoms with Gasteiger partial charge in [-0.1, -0.05) is 13.3 Å². The molecule has 0 spiro atoms. The number of piperidine rings is 1. The van der Waals surface area contributed by atoms with Gasteiger partial charge in [0.1, 0.15) is 0 Å². The van der Waals surface area contributed by atoms with Crippen LogP contribution in [0, 0.1) is 5.92 Å². The largest absolute Gasteiger partial charge is 0.389 e. The molecule has 126 valence electrons. The van der Waals surface area contributed by atoms with Gasteiger partial charge < -0.3 is 20.1 Å². The lowest BCUT2D eigenvalue weighted by Crippen LogP contribution is -2.46. The third-order valence-corrected chi connectivity index (χ3v) is 3.95. The number of unbranched alkanes of at least 4 members (excludes halogenated alkanes) is 1. The van der Waals surface area contributed by atoms with Crippen LogP contribution in [0.3, 0.4) is 0 Å². The molecule has 1 heterocycles. The van der Waals surface area contributed by atoms with Gasteiger partial charge in [0.15, 0.2) is 0 Å². The lowest BCUT2D eigenvalue weighted by Gasteiger charge is -2.35. The second-order valence-corrected chi connectivity index (χ2v) is 7.48. The molecule has 2 atom stereocenters. The quantitative estimate of drug-likeness (QED) is 0.641. The number of rotatable bonds is 9. The topological polar surface area (TPSA) is 44.7 Å². The number of β-amino-alcohol motifs (C(OH)–C–C–N with tert-alkyl or cyclic N) is 1. The van der Waals surface area contributed by atoms with E-state index in [1.54, 1.807) is 0 Å². The van der Waals surface area contributed by atoms with Gasteiger partial charge in [-0.25, -0.2) is 0 Å². The van der Waals surface area contributed by atoms with Gasteiger partial charge in [0, 0.05) is 25.2 Å². The average Bonchev–Trinajstić information content (AvgIpc) is 2.41. The van der Waals surface area contributed by atoms with Crippen LogP contribution in [0.5, 0.6) is 0 Å². The van der Waals surface area contributed by atoms with Crippen molar-refractivity contribution in [2.24, 2.45) is 5.92 Å². The molecule has 1 fully saturated rings. The first kappa shape index (κ1) is 18.9. The Bertz CT molecular complexity index is 266. The fraction of sp³-hybridized carbons (Fsp3) is 1.00. The van der Waals surface area contributed by atoms with E-state index >= 15 is 0 Å². The van der Waals surface area contributed by atoms with Crippen LogP contribution >= 0.6 is 0 Å². The molecule has 0 saturated carbocycles. The van der Waals surface area contributed by atoms with Gasteiger partial charge in [0.25, 0.3) is 0 Å². The van der Waals surface area contributed by atoms with Gasteiger partial charge in [-0.05, 0) is 59.0 Å². The zero-order valence-electron chi connectivity index (χ0n) is 14.5. The number of hydrogen-bond acceptors (Lipinski definition) is 4. The molecule has 4 nitrogen and oxygen atoms in total. The van der Waals surface area contributed by atoms with E-state index < -0.39 is 0 Å². The number of aliphatic hydroxyl groups excluding tert-OH is 1. The van der Waals surface area contributed by atoms with Crippen molar-refractivity contribution >= 4 is 0 Å². The molecule has 21 heavy (non-hydrogen) atoms. The van der Waals surface area contributed by atoms with Crippen molar-refractivity contribution in [1.82, 2.24) is 10.2 Å². The van der Waals surface area contributed by atoms with E-state index in [0.717, 1.165) is 45.6 Å². The molecule has 0 radical (unpaired) electrons. The number of ether oxygens (including phenoxy) is 1. The van der Waals surface area contributed by atoms with Gasteiger partial charge in [-0.2, -0.15) is 0 Å². The third kappa shape index (κ3) is 9.46. The second-order valence-electron chi connectivity index (χ2n) is 7.48. The highest BCUT2D eigenvalue weighted by Crippen LogP contribution is 2.17. The molecule has 1 aliphatic rings. The Morgan fingerprint density at radius 3 is 2.81 bits per heavy atom. The van der Waals surface area contributed by atoms with Gasteiger partial charge >= 0.3 is 0 Å². The Morgan fingerprint density at radius 1 is 1.38 bits per heavy atom. The van der Waals surface area contributed by atoms with Gasteiger partial charge in [-0.15, -0.1) is 0 Å². The molecule has 0 aliphatic carbocycles. The minimum atomic E-state index is -0.351. The van der Waals surface area contributed by atoms with Crippen LogP contribution in [0.1, 0.15) is 53.4 Å². The van der Waals surface area contributed by atoms with Crippen molar-refractivity contribution in [3.63, 3.8) is 0 Å². The first-order chi connectivity index (χ1) is 9.90. The van der Waals surface area contributed by atoms with Crippen LogP contribution < -0.4 is 5.32 Å². The van der Waals surface area contributed by atoms with Crippen molar-refractivity contribution < 1.29 is 9.84 Å². The lowest BCUT2D eigenvalue weighted by molar-refractivity contribution is 0.00812. The fourth-order valence-corrected chi connectivity index (χ4v) is 2.75. The van der Waals surface area contributed by atoms with Crippen LogP contribution in [-0.2, 0) is 4.74 Å². The van der Waals surface area contributed by atoms with Gasteiger partial charge in [-0.3, -0.25) is 0 Å². The van der Waals surface area contributed by atoms with E-state index in [1.165, 1.54) is 12.8 Å². The molecule has 0 aromatic heterocycles. The second kappa shape index (κ2) is 9.78. The van der Waals surface area contributed by atoms with E-state index in [0.29, 0.717) is 12.5 Å².